The monoisotopic (exact) mass is 291 g/mol. The highest BCUT2D eigenvalue weighted by atomic mass is 32.2. The van der Waals surface area contributed by atoms with Crippen LogP contribution < -0.4 is 0 Å². The number of hydrogen-bond acceptors (Lipinski definition) is 4. The standard InChI is InChI=1S/C14H17N3O2S/c1-9-2-5-11-13(15-9)17(7-6-10-3-4-10)14(16-11)20-8-12(18)19/h2,5,10H,3-4,6-8H2,1H3,(H,18,19). The zero-order chi connectivity index (χ0) is 14.1. The van der Waals surface area contributed by atoms with Crippen LogP contribution in [-0.2, 0) is 11.3 Å². The quantitative estimate of drug-likeness (QED) is 0.829. The lowest BCUT2D eigenvalue weighted by molar-refractivity contribution is -0.133. The second-order valence-corrected chi connectivity index (χ2v) is 6.20. The molecule has 2 aromatic rings. The van der Waals surface area contributed by atoms with Gasteiger partial charge in [-0.15, -0.1) is 0 Å². The maximum absolute atomic E-state index is 10.8. The van der Waals surface area contributed by atoms with Crippen LogP contribution in [0.1, 0.15) is 25.0 Å². The number of carboxylic acid groups (broad SMARTS) is 1. The topological polar surface area (TPSA) is 68.0 Å². The second-order valence-electron chi connectivity index (χ2n) is 5.26. The van der Waals surface area contributed by atoms with Crippen LogP contribution >= 0.6 is 11.8 Å². The first-order valence-electron chi connectivity index (χ1n) is 6.82. The summed E-state index contributed by atoms with van der Waals surface area (Å²) in [6.45, 7) is 2.83. The number of carboxylic acids is 1. The van der Waals surface area contributed by atoms with E-state index in [9.17, 15) is 4.79 Å². The Morgan fingerprint density at radius 3 is 2.95 bits per heavy atom. The van der Waals surface area contributed by atoms with Crippen molar-refractivity contribution >= 4 is 28.9 Å². The molecule has 1 aliphatic rings. The Morgan fingerprint density at radius 2 is 2.25 bits per heavy atom. The molecule has 3 rings (SSSR count). The van der Waals surface area contributed by atoms with Gasteiger partial charge in [-0.2, -0.15) is 0 Å². The summed E-state index contributed by atoms with van der Waals surface area (Å²) in [6, 6.07) is 3.89. The van der Waals surface area contributed by atoms with Crippen molar-refractivity contribution in [1.29, 1.82) is 0 Å². The molecule has 0 atom stereocenters. The van der Waals surface area contributed by atoms with Crippen LogP contribution in [-0.4, -0.2) is 31.4 Å². The van der Waals surface area contributed by atoms with Gasteiger partial charge in [0.05, 0.1) is 5.75 Å². The normalized spacial score (nSPS) is 14.8. The highest BCUT2D eigenvalue weighted by Crippen LogP contribution is 2.34. The van der Waals surface area contributed by atoms with Crippen LogP contribution in [0.4, 0.5) is 0 Å². The average Bonchev–Trinajstić information content (AvgIpc) is 3.16. The number of carbonyl (C=O) groups is 1. The molecule has 0 aromatic carbocycles. The molecule has 0 spiro atoms. The molecule has 0 unspecified atom stereocenters. The van der Waals surface area contributed by atoms with Gasteiger partial charge in [0, 0.05) is 12.2 Å². The first-order valence-corrected chi connectivity index (χ1v) is 7.80. The van der Waals surface area contributed by atoms with Crippen molar-refractivity contribution in [1.82, 2.24) is 14.5 Å². The summed E-state index contributed by atoms with van der Waals surface area (Å²) < 4.78 is 2.08. The minimum absolute atomic E-state index is 0.0335. The first-order chi connectivity index (χ1) is 9.63. The highest BCUT2D eigenvalue weighted by molar-refractivity contribution is 7.99. The second kappa shape index (κ2) is 5.44. The van der Waals surface area contributed by atoms with Gasteiger partial charge >= 0.3 is 5.97 Å². The average molecular weight is 291 g/mol. The Morgan fingerprint density at radius 1 is 1.45 bits per heavy atom. The van der Waals surface area contributed by atoms with E-state index in [-0.39, 0.29) is 5.75 Å². The van der Waals surface area contributed by atoms with Crippen molar-refractivity contribution in [2.45, 2.75) is 37.9 Å². The van der Waals surface area contributed by atoms with Gasteiger partial charge in [-0.1, -0.05) is 24.6 Å². The van der Waals surface area contributed by atoms with E-state index in [1.807, 2.05) is 19.1 Å². The Hall–Kier alpha value is -1.56. The highest BCUT2D eigenvalue weighted by Gasteiger charge is 2.22. The summed E-state index contributed by atoms with van der Waals surface area (Å²) >= 11 is 1.27. The number of aromatic nitrogens is 3. The van der Waals surface area contributed by atoms with E-state index in [4.69, 9.17) is 5.11 Å². The summed E-state index contributed by atoms with van der Waals surface area (Å²) in [4.78, 5) is 19.8. The van der Waals surface area contributed by atoms with Gasteiger partial charge < -0.3 is 9.67 Å². The predicted octanol–water partition coefficient (Wildman–Crippen LogP) is 2.72. The van der Waals surface area contributed by atoms with Crippen LogP contribution in [0.5, 0.6) is 0 Å². The Balaban J connectivity index is 1.92. The van der Waals surface area contributed by atoms with E-state index < -0.39 is 5.97 Å². The lowest BCUT2D eigenvalue weighted by atomic mass is 10.3. The number of imidazole rings is 1. The SMILES string of the molecule is Cc1ccc2nc(SCC(=O)O)n(CCC3CC3)c2n1. The number of rotatable bonds is 6. The number of thioether (sulfide) groups is 1. The molecule has 5 nitrogen and oxygen atoms in total. The van der Waals surface area contributed by atoms with Crippen LogP contribution in [0, 0.1) is 12.8 Å². The van der Waals surface area contributed by atoms with E-state index in [1.165, 1.54) is 24.6 Å². The summed E-state index contributed by atoms with van der Waals surface area (Å²) in [5, 5.41) is 9.60. The third-order valence-electron chi connectivity index (χ3n) is 3.48. The molecule has 0 radical (unpaired) electrons. The van der Waals surface area contributed by atoms with Crippen molar-refractivity contribution in [2.75, 3.05) is 5.75 Å². The number of hydrogen-bond donors (Lipinski definition) is 1. The summed E-state index contributed by atoms with van der Waals surface area (Å²) in [5.41, 5.74) is 2.68. The van der Waals surface area contributed by atoms with Gasteiger partial charge in [-0.25, -0.2) is 9.97 Å². The van der Waals surface area contributed by atoms with Crippen molar-refractivity contribution in [3.63, 3.8) is 0 Å². The van der Waals surface area contributed by atoms with Gasteiger partial charge in [0.25, 0.3) is 0 Å². The number of pyridine rings is 1. The molecule has 2 aromatic heterocycles. The Bertz CT molecular complexity index is 649. The zero-order valence-electron chi connectivity index (χ0n) is 11.4. The fraction of sp³-hybridized carbons (Fsp3) is 0.500. The lowest BCUT2D eigenvalue weighted by Gasteiger charge is -2.07. The molecule has 2 heterocycles. The maximum Gasteiger partial charge on any atom is 0.313 e. The Labute approximate surface area is 121 Å². The molecule has 1 fully saturated rings. The molecule has 0 bridgehead atoms. The van der Waals surface area contributed by atoms with Gasteiger partial charge in [-0.05, 0) is 31.4 Å². The first kappa shape index (κ1) is 13.4. The zero-order valence-corrected chi connectivity index (χ0v) is 12.2. The minimum atomic E-state index is -0.820. The molecule has 106 valence electrons. The van der Waals surface area contributed by atoms with Gasteiger partial charge in [-0.3, -0.25) is 4.79 Å². The molecule has 20 heavy (non-hydrogen) atoms. The van der Waals surface area contributed by atoms with Crippen LogP contribution in [0.2, 0.25) is 0 Å². The van der Waals surface area contributed by atoms with Gasteiger partial charge in [0.1, 0.15) is 5.52 Å². The summed E-state index contributed by atoms with van der Waals surface area (Å²) in [6.07, 6.45) is 3.76. The molecule has 0 aliphatic heterocycles. The number of nitrogens with zero attached hydrogens (tertiary/aromatic N) is 3. The van der Waals surface area contributed by atoms with Gasteiger partial charge in [0.15, 0.2) is 10.8 Å². The van der Waals surface area contributed by atoms with E-state index in [2.05, 4.69) is 14.5 Å². The lowest BCUT2D eigenvalue weighted by Crippen LogP contribution is -2.05. The molecular formula is C14H17N3O2S. The largest absolute Gasteiger partial charge is 0.481 e. The predicted molar refractivity (Wildman–Crippen MR) is 78.0 cm³/mol. The minimum Gasteiger partial charge on any atom is -0.481 e. The van der Waals surface area contributed by atoms with Crippen LogP contribution in [0.15, 0.2) is 17.3 Å². The molecule has 6 heteroatoms. The maximum atomic E-state index is 10.8. The molecule has 1 aliphatic carbocycles. The van der Waals surface area contributed by atoms with Gasteiger partial charge in [0.2, 0.25) is 0 Å². The van der Waals surface area contributed by atoms with E-state index in [0.717, 1.165) is 40.9 Å². The van der Waals surface area contributed by atoms with Crippen molar-refractivity contribution in [3.05, 3.63) is 17.8 Å². The molecule has 0 saturated heterocycles. The summed E-state index contributed by atoms with van der Waals surface area (Å²) in [7, 11) is 0. The van der Waals surface area contributed by atoms with E-state index in [1.54, 1.807) is 0 Å². The van der Waals surface area contributed by atoms with E-state index in [0.29, 0.717) is 0 Å². The third kappa shape index (κ3) is 2.95. The van der Waals surface area contributed by atoms with Crippen molar-refractivity contribution in [3.8, 4) is 0 Å². The van der Waals surface area contributed by atoms with Crippen molar-refractivity contribution < 1.29 is 9.90 Å². The smallest absolute Gasteiger partial charge is 0.313 e. The van der Waals surface area contributed by atoms with Crippen LogP contribution in [0.3, 0.4) is 0 Å². The molecule has 1 saturated carbocycles. The molecular weight excluding hydrogens is 274 g/mol. The van der Waals surface area contributed by atoms with Crippen LogP contribution in [0.25, 0.3) is 11.2 Å². The van der Waals surface area contributed by atoms with E-state index >= 15 is 0 Å². The molecule has 0 amide bonds. The number of aliphatic carboxylic acids is 1. The third-order valence-corrected chi connectivity index (χ3v) is 4.44. The fourth-order valence-electron chi connectivity index (χ4n) is 2.23. The van der Waals surface area contributed by atoms with Crippen molar-refractivity contribution in [2.24, 2.45) is 5.92 Å². The molecule has 1 N–H and O–H groups in total. The Kier molecular flexibility index (Phi) is 3.65. The summed E-state index contributed by atoms with van der Waals surface area (Å²) in [5.74, 6) is 0.0423. The number of aryl methyl sites for hydroxylation is 2. The fourth-order valence-corrected chi connectivity index (χ4v) is 2.98. The number of fused-ring (bicyclic) bond motifs is 1.